The molecular weight excluding hydrogens is 370 g/mol. The first-order chi connectivity index (χ1) is 14.1. The van der Waals surface area contributed by atoms with E-state index in [1.165, 1.54) is 12.4 Å². The van der Waals surface area contributed by atoms with Crippen molar-refractivity contribution in [3.63, 3.8) is 0 Å². The second kappa shape index (κ2) is 9.19. The van der Waals surface area contributed by atoms with Crippen molar-refractivity contribution in [3.05, 3.63) is 71.5 Å². The van der Waals surface area contributed by atoms with Crippen molar-refractivity contribution < 1.29 is 14.3 Å². The van der Waals surface area contributed by atoms with Crippen molar-refractivity contribution in [1.82, 2.24) is 15.3 Å². The first kappa shape index (κ1) is 19.6. The van der Waals surface area contributed by atoms with Crippen LogP contribution in [0.2, 0.25) is 0 Å². The Hall–Kier alpha value is -4.12. The maximum absolute atomic E-state index is 12.3. The molecule has 8 heteroatoms. The maximum Gasteiger partial charge on any atom is 0.254 e. The number of ether oxygens (including phenoxy) is 2. The number of carbonyl (C=O) groups excluding carboxylic acids is 1. The average Bonchev–Trinajstić information content (AvgIpc) is 2.78. The SMILES string of the molecule is COc1ccc(CNC(=O)c2cnc(Nc3ccc(C#N)cc3)nc2)cc1OC. The van der Waals surface area contributed by atoms with Crippen molar-refractivity contribution >= 4 is 17.5 Å². The third kappa shape index (κ3) is 4.99. The molecule has 0 unspecified atom stereocenters. The number of hydrogen-bond donors (Lipinski definition) is 2. The van der Waals surface area contributed by atoms with Crippen LogP contribution in [0.5, 0.6) is 11.5 Å². The molecule has 29 heavy (non-hydrogen) atoms. The fraction of sp³-hybridized carbons (Fsp3) is 0.143. The van der Waals surface area contributed by atoms with E-state index in [4.69, 9.17) is 14.7 Å². The fourth-order valence-electron chi connectivity index (χ4n) is 2.54. The molecular formula is C21H19N5O3. The zero-order chi connectivity index (χ0) is 20.6. The van der Waals surface area contributed by atoms with Gasteiger partial charge in [0.1, 0.15) is 0 Å². The molecule has 0 saturated carbocycles. The molecule has 0 fully saturated rings. The van der Waals surface area contributed by atoms with Gasteiger partial charge in [0, 0.05) is 24.6 Å². The lowest BCUT2D eigenvalue weighted by atomic mass is 10.2. The Morgan fingerprint density at radius 3 is 2.34 bits per heavy atom. The Balaban J connectivity index is 1.59. The molecule has 0 radical (unpaired) electrons. The number of nitrogens with zero attached hydrogens (tertiary/aromatic N) is 3. The minimum Gasteiger partial charge on any atom is -0.493 e. The van der Waals surface area contributed by atoms with Crippen LogP contribution in [0, 0.1) is 11.3 Å². The van der Waals surface area contributed by atoms with Gasteiger partial charge in [-0.05, 0) is 42.0 Å². The number of anilines is 2. The average molecular weight is 389 g/mol. The molecule has 0 bridgehead atoms. The van der Waals surface area contributed by atoms with Crippen LogP contribution in [0.1, 0.15) is 21.5 Å². The molecule has 146 valence electrons. The topological polar surface area (TPSA) is 109 Å². The molecule has 1 heterocycles. The van der Waals surface area contributed by atoms with E-state index in [0.717, 1.165) is 11.3 Å². The molecule has 0 saturated heterocycles. The zero-order valence-electron chi connectivity index (χ0n) is 16.0. The highest BCUT2D eigenvalue weighted by atomic mass is 16.5. The van der Waals surface area contributed by atoms with Crippen LogP contribution in [0.25, 0.3) is 0 Å². The Morgan fingerprint density at radius 1 is 1.03 bits per heavy atom. The van der Waals surface area contributed by atoms with Crippen LogP contribution in [0.3, 0.4) is 0 Å². The molecule has 0 atom stereocenters. The minimum absolute atomic E-state index is 0.287. The number of benzene rings is 2. The highest BCUT2D eigenvalue weighted by Crippen LogP contribution is 2.27. The van der Waals surface area contributed by atoms with Crippen molar-refractivity contribution in [2.24, 2.45) is 0 Å². The highest BCUT2D eigenvalue weighted by Gasteiger charge is 2.09. The van der Waals surface area contributed by atoms with Crippen LogP contribution >= 0.6 is 0 Å². The maximum atomic E-state index is 12.3. The summed E-state index contributed by atoms with van der Waals surface area (Å²) in [5.74, 6) is 1.29. The molecule has 1 aromatic heterocycles. The first-order valence-corrected chi connectivity index (χ1v) is 8.71. The first-order valence-electron chi connectivity index (χ1n) is 8.71. The molecule has 2 N–H and O–H groups in total. The molecule has 1 amide bonds. The summed E-state index contributed by atoms with van der Waals surface area (Å²) >= 11 is 0. The van der Waals surface area contributed by atoms with Gasteiger partial charge in [0.05, 0.1) is 31.4 Å². The van der Waals surface area contributed by atoms with E-state index in [0.29, 0.717) is 35.1 Å². The van der Waals surface area contributed by atoms with E-state index in [1.54, 1.807) is 50.6 Å². The summed E-state index contributed by atoms with van der Waals surface area (Å²) in [7, 11) is 3.13. The van der Waals surface area contributed by atoms with Gasteiger partial charge in [0.15, 0.2) is 11.5 Å². The minimum atomic E-state index is -0.287. The Bertz CT molecular complexity index is 1030. The molecule has 2 aromatic carbocycles. The smallest absolute Gasteiger partial charge is 0.254 e. The van der Waals surface area contributed by atoms with E-state index < -0.39 is 0 Å². The van der Waals surface area contributed by atoms with Gasteiger partial charge in [0.25, 0.3) is 5.91 Å². The van der Waals surface area contributed by atoms with E-state index in [9.17, 15) is 4.79 Å². The number of hydrogen-bond acceptors (Lipinski definition) is 7. The second-order valence-electron chi connectivity index (χ2n) is 5.98. The highest BCUT2D eigenvalue weighted by molar-refractivity contribution is 5.93. The van der Waals surface area contributed by atoms with Gasteiger partial charge < -0.3 is 20.1 Å². The lowest BCUT2D eigenvalue weighted by Gasteiger charge is -2.10. The molecule has 0 aliphatic carbocycles. The monoisotopic (exact) mass is 389 g/mol. The van der Waals surface area contributed by atoms with Crippen molar-refractivity contribution in [3.8, 4) is 17.6 Å². The van der Waals surface area contributed by atoms with Crippen molar-refractivity contribution in [2.75, 3.05) is 19.5 Å². The molecule has 3 rings (SSSR count). The number of rotatable bonds is 7. The molecule has 3 aromatic rings. The van der Waals surface area contributed by atoms with E-state index in [2.05, 4.69) is 26.7 Å². The largest absolute Gasteiger partial charge is 0.493 e. The van der Waals surface area contributed by atoms with Gasteiger partial charge in [-0.25, -0.2) is 9.97 Å². The number of methoxy groups -OCH3 is 2. The van der Waals surface area contributed by atoms with Gasteiger partial charge in [-0.15, -0.1) is 0 Å². The lowest BCUT2D eigenvalue weighted by Crippen LogP contribution is -2.23. The van der Waals surface area contributed by atoms with Gasteiger partial charge in [0.2, 0.25) is 5.95 Å². The predicted molar refractivity (Wildman–Crippen MR) is 107 cm³/mol. The van der Waals surface area contributed by atoms with Crippen molar-refractivity contribution in [1.29, 1.82) is 5.26 Å². The number of nitriles is 1. The van der Waals surface area contributed by atoms with Crippen LogP contribution in [0.4, 0.5) is 11.6 Å². The fourth-order valence-corrected chi connectivity index (χ4v) is 2.54. The summed E-state index contributed by atoms with van der Waals surface area (Å²) in [6, 6.07) is 14.4. The molecule has 0 spiro atoms. The van der Waals surface area contributed by atoms with Crippen LogP contribution in [-0.2, 0) is 6.54 Å². The van der Waals surface area contributed by atoms with Gasteiger partial charge in [-0.2, -0.15) is 5.26 Å². The Kier molecular flexibility index (Phi) is 6.22. The third-order valence-electron chi connectivity index (χ3n) is 4.09. The summed E-state index contributed by atoms with van der Waals surface area (Å²) < 4.78 is 10.5. The Labute approximate surface area is 168 Å². The Morgan fingerprint density at radius 2 is 1.72 bits per heavy atom. The van der Waals surface area contributed by atoms with Gasteiger partial charge in [-0.1, -0.05) is 6.07 Å². The summed E-state index contributed by atoms with van der Waals surface area (Å²) in [4.78, 5) is 20.7. The number of amides is 1. The summed E-state index contributed by atoms with van der Waals surface area (Å²) in [6.07, 6.45) is 2.89. The van der Waals surface area contributed by atoms with Crippen LogP contribution in [-0.4, -0.2) is 30.1 Å². The summed E-state index contributed by atoms with van der Waals surface area (Å²) in [5, 5.41) is 14.7. The number of aromatic nitrogens is 2. The van der Waals surface area contributed by atoms with Gasteiger partial charge >= 0.3 is 0 Å². The lowest BCUT2D eigenvalue weighted by molar-refractivity contribution is 0.0950. The van der Waals surface area contributed by atoms with Crippen LogP contribution < -0.4 is 20.1 Å². The van der Waals surface area contributed by atoms with Crippen LogP contribution in [0.15, 0.2) is 54.9 Å². The van der Waals surface area contributed by atoms with Gasteiger partial charge in [-0.3, -0.25) is 4.79 Å². The zero-order valence-corrected chi connectivity index (χ0v) is 16.0. The van der Waals surface area contributed by atoms with E-state index in [1.807, 2.05) is 6.07 Å². The standard InChI is InChI=1S/C21H19N5O3/c1-28-18-8-5-15(9-19(18)29-2)11-23-20(27)16-12-24-21(25-13-16)26-17-6-3-14(10-22)4-7-17/h3-9,12-13H,11H2,1-2H3,(H,23,27)(H,24,25,26). The quantitative estimate of drug-likeness (QED) is 0.639. The second-order valence-corrected chi connectivity index (χ2v) is 5.98. The van der Waals surface area contributed by atoms with E-state index in [-0.39, 0.29) is 5.91 Å². The molecule has 8 nitrogen and oxygen atoms in total. The third-order valence-corrected chi connectivity index (χ3v) is 4.09. The van der Waals surface area contributed by atoms with Crippen molar-refractivity contribution in [2.45, 2.75) is 6.54 Å². The molecule has 0 aliphatic rings. The summed E-state index contributed by atoms with van der Waals surface area (Å²) in [6.45, 7) is 0.324. The number of nitrogens with one attached hydrogen (secondary N) is 2. The summed E-state index contributed by atoms with van der Waals surface area (Å²) in [5.41, 5.74) is 2.53. The van der Waals surface area contributed by atoms with E-state index >= 15 is 0 Å². The normalized spacial score (nSPS) is 9.97. The number of carbonyl (C=O) groups is 1. The predicted octanol–water partition coefficient (Wildman–Crippen LogP) is 3.04. The molecule has 0 aliphatic heterocycles.